The molecule has 1 unspecified atom stereocenters. The van der Waals surface area contributed by atoms with Crippen molar-refractivity contribution >= 4 is 12.0 Å². The van der Waals surface area contributed by atoms with Crippen molar-refractivity contribution in [1.82, 2.24) is 10.2 Å². The number of benzene rings is 1. The van der Waals surface area contributed by atoms with Gasteiger partial charge in [0.1, 0.15) is 18.1 Å². The van der Waals surface area contributed by atoms with Crippen LogP contribution in [0, 0.1) is 0 Å². The van der Waals surface area contributed by atoms with Crippen LogP contribution in [0.2, 0.25) is 0 Å². The Morgan fingerprint density at radius 3 is 2.68 bits per heavy atom. The van der Waals surface area contributed by atoms with Gasteiger partial charge in [0, 0.05) is 18.3 Å². The summed E-state index contributed by atoms with van der Waals surface area (Å²) in [6.07, 6.45) is 1.49. The van der Waals surface area contributed by atoms with Crippen LogP contribution in [0.1, 0.15) is 18.5 Å². The Morgan fingerprint density at radius 1 is 1.36 bits per heavy atom. The molecule has 1 N–H and O–H groups in total. The molecule has 0 radical (unpaired) electrons. The number of esters is 1. The largest absolute Gasteiger partial charge is 0.497 e. The zero-order valence-electron chi connectivity index (χ0n) is 14.8. The summed E-state index contributed by atoms with van der Waals surface area (Å²) >= 11 is 0. The Morgan fingerprint density at radius 2 is 2.08 bits per heavy atom. The summed E-state index contributed by atoms with van der Waals surface area (Å²) < 4.78 is 15.9. The van der Waals surface area contributed by atoms with E-state index >= 15 is 0 Å². The predicted molar refractivity (Wildman–Crippen MR) is 92.4 cm³/mol. The van der Waals surface area contributed by atoms with Crippen LogP contribution >= 0.6 is 0 Å². The van der Waals surface area contributed by atoms with Crippen molar-refractivity contribution in [2.75, 3.05) is 27.9 Å². The fourth-order valence-electron chi connectivity index (χ4n) is 2.61. The van der Waals surface area contributed by atoms with E-state index in [1.807, 2.05) is 0 Å². The molecule has 7 heteroatoms. The molecule has 1 aromatic carbocycles. The van der Waals surface area contributed by atoms with Gasteiger partial charge in [0.15, 0.2) is 0 Å². The minimum atomic E-state index is -0.717. The van der Waals surface area contributed by atoms with Crippen molar-refractivity contribution in [3.8, 4) is 11.5 Å². The second kappa shape index (κ2) is 7.74. The lowest BCUT2D eigenvalue weighted by molar-refractivity contribution is -0.138. The fourth-order valence-corrected chi connectivity index (χ4v) is 2.61. The first kappa shape index (κ1) is 18.4. The molecule has 0 saturated heterocycles. The van der Waals surface area contributed by atoms with Crippen LogP contribution in [-0.4, -0.2) is 44.8 Å². The number of ether oxygens (including phenoxy) is 3. The number of urea groups is 1. The van der Waals surface area contributed by atoms with Crippen LogP contribution in [0.15, 0.2) is 42.1 Å². The minimum absolute atomic E-state index is 0.0786. The lowest BCUT2D eigenvalue weighted by Gasteiger charge is -2.33. The zero-order valence-corrected chi connectivity index (χ0v) is 14.8. The molecule has 2 rings (SSSR count). The highest BCUT2D eigenvalue weighted by Crippen LogP contribution is 2.37. The number of allylic oxidation sites excluding steroid dienone is 1. The van der Waals surface area contributed by atoms with Gasteiger partial charge in [0.25, 0.3) is 0 Å². The van der Waals surface area contributed by atoms with Crippen molar-refractivity contribution in [2.45, 2.75) is 13.0 Å². The first-order chi connectivity index (χ1) is 11.9. The predicted octanol–water partition coefficient (Wildman–Crippen LogP) is 2.40. The summed E-state index contributed by atoms with van der Waals surface area (Å²) in [5.41, 5.74) is 1.44. The number of amides is 2. The number of carbonyl (C=O) groups excluding carboxylic acids is 2. The quantitative estimate of drug-likeness (QED) is 0.632. The van der Waals surface area contributed by atoms with Gasteiger partial charge in [-0.25, -0.2) is 9.59 Å². The van der Waals surface area contributed by atoms with E-state index in [0.29, 0.717) is 28.3 Å². The van der Waals surface area contributed by atoms with Gasteiger partial charge in [-0.1, -0.05) is 12.7 Å². The average Bonchev–Trinajstić information content (AvgIpc) is 2.63. The molecule has 2 amide bonds. The molecule has 0 spiro atoms. The molecule has 0 fully saturated rings. The van der Waals surface area contributed by atoms with Crippen LogP contribution in [-0.2, 0) is 9.53 Å². The highest BCUT2D eigenvalue weighted by atomic mass is 16.5. The van der Waals surface area contributed by atoms with Gasteiger partial charge >= 0.3 is 12.0 Å². The number of hydrogen-bond donors (Lipinski definition) is 1. The molecular formula is C18H22N2O5. The maximum atomic E-state index is 12.6. The summed E-state index contributed by atoms with van der Waals surface area (Å²) in [6, 6.07) is 4.15. The van der Waals surface area contributed by atoms with Gasteiger partial charge in [-0.2, -0.15) is 0 Å². The molecule has 1 atom stereocenters. The average molecular weight is 346 g/mol. The Bertz CT molecular complexity index is 726. The third-order valence-corrected chi connectivity index (χ3v) is 4.05. The molecule has 1 aliphatic heterocycles. The van der Waals surface area contributed by atoms with Gasteiger partial charge in [-0.3, -0.25) is 0 Å². The van der Waals surface area contributed by atoms with E-state index in [9.17, 15) is 9.59 Å². The summed E-state index contributed by atoms with van der Waals surface area (Å²) in [5, 5.41) is 2.81. The summed E-state index contributed by atoms with van der Waals surface area (Å²) in [6.45, 7) is 5.32. The molecular weight excluding hydrogens is 324 g/mol. The molecule has 0 bridgehead atoms. The van der Waals surface area contributed by atoms with Crippen molar-refractivity contribution in [3.05, 3.63) is 47.7 Å². The number of nitrogens with zero attached hydrogens (tertiary/aromatic N) is 1. The number of methoxy groups -OCH3 is 2. The van der Waals surface area contributed by atoms with E-state index in [1.165, 1.54) is 18.1 Å². The van der Waals surface area contributed by atoms with Crippen molar-refractivity contribution in [2.24, 2.45) is 0 Å². The molecule has 1 aromatic rings. The summed E-state index contributed by atoms with van der Waals surface area (Å²) in [5.74, 6) is 0.581. The Kier molecular flexibility index (Phi) is 5.69. The van der Waals surface area contributed by atoms with E-state index < -0.39 is 12.0 Å². The van der Waals surface area contributed by atoms with Crippen molar-refractivity contribution in [1.29, 1.82) is 0 Å². The van der Waals surface area contributed by atoms with Gasteiger partial charge in [-0.15, -0.1) is 0 Å². The first-order valence-electron chi connectivity index (χ1n) is 7.69. The summed E-state index contributed by atoms with van der Waals surface area (Å²) in [4.78, 5) is 26.2. The van der Waals surface area contributed by atoms with E-state index in [1.54, 1.807) is 39.3 Å². The number of rotatable bonds is 6. The van der Waals surface area contributed by atoms with Crippen LogP contribution in [0.4, 0.5) is 4.79 Å². The number of carbonyl (C=O) groups is 2. The zero-order chi connectivity index (χ0) is 18.6. The van der Waals surface area contributed by atoms with Crippen LogP contribution < -0.4 is 14.8 Å². The second-order valence-corrected chi connectivity index (χ2v) is 5.44. The topological polar surface area (TPSA) is 77.1 Å². The van der Waals surface area contributed by atoms with E-state index in [4.69, 9.17) is 14.2 Å². The van der Waals surface area contributed by atoms with Gasteiger partial charge in [0.2, 0.25) is 0 Å². The monoisotopic (exact) mass is 346 g/mol. The Labute approximate surface area is 146 Å². The SMILES string of the molecule is C=CCOC(=O)C1=C(C)N(C)C(=O)NC1c1cc(OC)ccc1OC. The Balaban J connectivity index is 2.58. The highest BCUT2D eigenvalue weighted by Gasteiger charge is 2.36. The molecule has 7 nitrogen and oxygen atoms in total. The molecule has 1 heterocycles. The molecule has 25 heavy (non-hydrogen) atoms. The highest BCUT2D eigenvalue weighted by molar-refractivity contribution is 5.95. The van der Waals surface area contributed by atoms with Crippen LogP contribution in [0.25, 0.3) is 0 Å². The lowest BCUT2D eigenvalue weighted by Crippen LogP contribution is -2.46. The van der Waals surface area contributed by atoms with Crippen molar-refractivity contribution in [3.63, 3.8) is 0 Å². The van der Waals surface area contributed by atoms with E-state index in [-0.39, 0.29) is 12.6 Å². The molecule has 0 aromatic heterocycles. The van der Waals surface area contributed by atoms with Gasteiger partial charge < -0.3 is 24.4 Å². The van der Waals surface area contributed by atoms with E-state index in [2.05, 4.69) is 11.9 Å². The summed E-state index contributed by atoms with van der Waals surface area (Å²) in [7, 11) is 4.65. The number of hydrogen-bond acceptors (Lipinski definition) is 5. The molecule has 0 aliphatic carbocycles. The second-order valence-electron chi connectivity index (χ2n) is 5.44. The van der Waals surface area contributed by atoms with Crippen molar-refractivity contribution < 1.29 is 23.8 Å². The lowest BCUT2D eigenvalue weighted by atomic mass is 9.94. The molecule has 1 aliphatic rings. The van der Waals surface area contributed by atoms with E-state index in [0.717, 1.165) is 0 Å². The molecule has 134 valence electrons. The van der Waals surface area contributed by atoms with Crippen LogP contribution in [0.5, 0.6) is 11.5 Å². The standard InChI is InChI=1S/C18H22N2O5/c1-6-9-25-17(21)15-11(2)20(3)18(22)19-16(15)13-10-12(23-4)7-8-14(13)24-5/h6-8,10,16H,1,9H2,2-5H3,(H,19,22). The maximum Gasteiger partial charge on any atom is 0.338 e. The van der Waals surface area contributed by atoms with Gasteiger partial charge in [0.05, 0.1) is 25.8 Å². The third-order valence-electron chi connectivity index (χ3n) is 4.05. The first-order valence-corrected chi connectivity index (χ1v) is 7.69. The normalized spacial score (nSPS) is 17.0. The third kappa shape index (κ3) is 3.60. The Hall–Kier alpha value is -2.96. The van der Waals surface area contributed by atoms with Gasteiger partial charge in [-0.05, 0) is 25.1 Å². The van der Waals surface area contributed by atoms with Crippen LogP contribution in [0.3, 0.4) is 0 Å². The number of nitrogens with one attached hydrogen (secondary N) is 1. The minimum Gasteiger partial charge on any atom is -0.497 e. The molecule has 0 saturated carbocycles. The fraction of sp³-hybridized carbons (Fsp3) is 0.333. The smallest absolute Gasteiger partial charge is 0.338 e. The maximum absolute atomic E-state index is 12.6.